The molecule has 188 valence electrons. The second-order valence-electron chi connectivity index (χ2n) is 9.79. The number of rotatable bonds is 6. The molecule has 2 aromatic heterocycles. The number of hydrogen-bond acceptors (Lipinski definition) is 4. The summed E-state index contributed by atoms with van der Waals surface area (Å²) < 4.78 is 2.03. The third kappa shape index (κ3) is 4.83. The highest BCUT2D eigenvalue weighted by Crippen LogP contribution is 2.40. The average Bonchev–Trinajstić information content (AvgIpc) is 3.66. The number of fused-ring (bicyclic) bond motifs is 2. The first-order valence-electron chi connectivity index (χ1n) is 13.1. The van der Waals surface area contributed by atoms with Gasteiger partial charge < -0.3 is 14.8 Å². The van der Waals surface area contributed by atoms with Crippen molar-refractivity contribution in [2.45, 2.75) is 45.1 Å². The highest BCUT2D eigenvalue weighted by atomic mass is 32.1. The van der Waals surface area contributed by atoms with Crippen LogP contribution in [0.4, 0.5) is 10.7 Å². The second-order valence-corrected chi connectivity index (χ2v) is 10.9. The number of carbonyl (C=O) groups excluding carboxylic acids is 2. The van der Waals surface area contributed by atoms with Crippen LogP contribution in [-0.2, 0) is 24.2 Å². The maximum atomic E-state index is 13.4. The minimum Gasteiger partial charge on any atom is -0.341 e. The molecule has 1 saturated heterocycles. The molecule has 2 aliphatic rings. The van der Waals surface area contributed by atoms with Crippen LogP contribution in [0.2, 0.25) is 0 Å². The van der Waals surface area contributed by atoms with Crippen molar-refractivity contribution >= 4 is 51.0 Å². The van der Waals surface area contributed by atoms with Crippen molar-refractivity contribution in [3.63, 3.8) is 0 Å². The minimum atomic E-state index is -0.101. The molecule has 6 nitrogen and oxygen atoms in total. The molecule has 1 N–H and O–H groups in total. The molecule has 0 saturated carbocycles. The predicted molar refractivity (Wildman–Crippen MR) is 150 cm³/mol. The largest absolute Gasteiger partial charge is 0.341 e. The summed E-state index contributed by atoms with van der Waals surface area (Å²) in [6.07, 6.45) is 10.2. The van der Waals surface area contributed by atoms with Crippen LogP contribution in [0, 0.1) is 0 Å². The van der Waals surface area contributed by atoms with Gasteiger partial charge in [0, 0.05) is 52.5 Å². The molecule has 1 aliphatic heterocycles. The van der Waals surface area contributed by atoms with Gasteiger partial charge in [-0.3, -0.25) is 9.59 Å². The van der Waals surface area contributed by atoms with E-state index in [9.17, 15) is 9.59 Å². The Bertz CT molecular complexity index is 1480. The van der Waals surface area contributed by atoms with Crippen LogP contribution in [0.1, 0.15) is 52.0 Å². The van der Waals surface area contributed by atoms with E-state index in [4.69, 9.17) is 4.99 Å². The van der Waals surface area contributed by atoms with Gasteiger partial charge in [0.05, 0.1) is 5.56 Å². The highest BCUT2D eigenvalue weighted by Gasteiger charge is 2.25. The lowest BCUT2D eigenvalue weighted by atomic mass is 9.95. The summed E-state index contributed by atoms with van der Waals surface area (Å²) in [5, 5.41) is 4.87. The fraction of sp³-hybridized carbons (Fsp3) is 0.300. The van der Waals surface area contributed by atoms with Crippen LogP contribution in [0.3, 0.4) is 0 Å². The van der Waals surface area contributed by atoms with Crippen molar-refractivity contribution in [3.05, 3.63) is 82.4 Å². The molecule has 7 heteroatoms. The van der Waals surface area contributed by atoms with Gasteiger partial charge in [0.2, 0.25) is 5.91 Å². The smallest absolute Gasteiger partial charge is 0.259 e. The molecular formula is C30H30N4O2S. The SMILES string of the molecule is O=C(Nc1ccccc1)c1c(N=Cc2cn(CC(=O)N3CCCC3)c3ccccc23)sc2c1CCCC2. The van der Waals surface area contributed by atoms with Crippen molar-refractivity contribution in [1.82, 2.24) is 9.47 Å². The van der Waals surface area contributed by atoms with Crippen LogP contribution in [-0.4, -0.2) is 40.6 Å². The van der Waals surface area contributed by atoms with E-state index in [1.807, 2.05) is 70.4 Å². The predicted octanol–water partition coefficient (Wildman–Crippen LogP) is 6.21. The molecule has 0 spiro atoms. The van der Waals surface area contributed by atoms with Crippen LogP contribution in [0.15, 0.2) is 65.8 Å². The number of thiophene rings is 1. The van der Waals surface area contributed by atoms with Gasteiger partial charge in [0.15, 0.2) is 0 Å². The number of nitrogens with one attached hydrogen (secondary N) is 1. The molecule has 1 aliphatic carbocycles. The van der Waals surface area contributed by atoms with Gasteiger partial charge >= 0.3 is 0 Å². The van der Waals surface area contributed by atoms with E-state index >= 15 is 0 Å². The van der Waals surface area contributed by atoms with E-state index in [1.165, 1.54) is 4.88 Å². The number of para-hydroxylation sites is 2. The van der Waals surface area contributed by atoms with Crippen LogP contribution >= 0.6 is 11.3 Å². The molecule has 0 bridgehead atoms. The Morgan fingerprint density at radius 1 is 0.946 bits per heavy atom. The number of likely N-dealkylation sites (tertiary alicyclic amines) is 1. The van der Waals surface area contributed by atoms with E-state index in [0.717, 1.165) is 84.3 Å². The molecule has 3 heterocycles. The molecular weight excluding hydrogens is 480 g/mol. The number of hydrogen-bond donors (Lipinski definition) is 1. The number of anilines is 1. The summed E-state index contributed by atoms with van der Waals surface area (Å²) in [5.74, 6) is 0.0592. The zero-order valence-corrected chi connectivity index (χ0v) is 21.6. The van der Waals surface area contributed by atoms with Crippen molar-refractivity contribution in [1.29, 1.82) is 0 Å². The lowest BCUT2D eigenvalue weighted by molar-refractivity contribution is -0.130. The number of amides is 2. The normalized spacial score (nSPS) is 15.4. The molecule has 4 aromatic rings. The third-order valence-corrected chi connectivity index (χ3v) is 8.52. The summed E-state index contributed by atoms with van der Waals surface area (Å²) in [4.78, 5) is 34.4. The van der Waals surface area contributed by atoms with Gasteiger partial charge in [-0.2, -0.15) is 0 Å². The van der Waals surface area contributed by atoms with Gasteiger partial charge in [0.1, 0.15) is 11.5 Å². The molecule has 37 heavy (non-hydrogen) atoms. The number of nitrogens with zero attached hydrogens (tertiary/aromatic N) is 3. The van der Waals surface area contributed by atoms with Crippen molar-refractivity contribution < 1.29 is 9.59 Å². The number of aliphatic imine (C=N–C) groups is 1. The van der Waals surface area contributed by atoms with E-state index in [2.05, 4.69) is 11.4 Å². The van der Waals surface area contributed by atoms with E-state index in [-0.39, 0.29) is 11.8 Å². The molecule has 0 unspecified atom stereocenters. The number of aryl methyl sites for hydroxylation is 1. The van der Waals surface area contributed by atoms with E-state index < -0.39 is 0 Å². The molecule has 2 amide bonds. The van der Waals surface area contributed by atoms with Gasteiger partial charge in [-0.1, -0.05) is 36.4 Å². The zero-order valence-electron chi connectivity index (χ0n) is 20.8. The first kappa shape index (κ1) is 23.7. The molecule has 2 aromatic carbocycles. The summed E-state index contributed by atoms with van der Waals surface area (Å²) in [6, 6.07) is 17.7. The van der Waals surface area contributed by atoms with Crippen LogP contribution in [0.5, 0.6) is 0 Å². The van der Waals surface area contributed by atoms with Crippen molar-refractivity contribution in [3.8, 4) is 0 Å². The van der Waals surface area contributed by atoms with Gasteiger partial charge in [0.25, 0.3) is 5.91 Å². The van der Waals surface area contributed by atoms with Gasteiger partial charge in [-0.25, -0.2) is 4.99 Å². The molecule has 6 rings (SSSR count). The zero-order chi connectivity index (χ0) is 25.2. The van der Waals surface area contributed by atoms with Crippen LogP contribution < -0.4 is 5.32 Å². The topological polar surface area (TPSA) is 66.7 Å². The fourth-order valence-corrected chi connectivity index (χ4v) is 6.67. The Hall–Kier alpha value is -3.71. The minimum absolute atomic E-state index is 0.101. The van der Waals surface area contributed by atoms with E-state index in [1.54, 1.807) is 11.3 Å². The quantitative estimate of drug-likeness (QED) is 0.314. The summed E-state index contributed by atoms with van der Waals surface area (Å²) in [5.41, 5.74) is 4.60. The Morgan fingerprint density at radius 3 is 2.54 bits per heavy atom. The van der Waals surface area contributed by atoms with E-state index in [0.29, 0.717) is 12.1 Å². The van der Waals surface area contributed by atoms with Gasteiger partial charge in [-0.15, -0.1) is 11.3 Å². The summed E-state index contributed by atoms with van der Waals surface area (Å²) in [6.45, 7) is 2.03. The first-order chi connectivity index (χ1) is 18.2. The molecule has 0 radical (unpaired) electrons. The van der Waals surface area contributed by atoms with Crippen molar-refractivity contribution in [2.75, 3.05) is 18.4 Å². The lowest BCUT2D eigenvalue weighted by Crippen LogP contribution is -2.30. The Morgan fingerprint density at radius 2 is 1.70 bits per heavy atom. The number of aromatic nitrogens is 1. The maximum Gasteiger partial charge on any atom is 0.259 e. The van der Waals surface area contributed by atoms with Crippen LogP contribution in [0.25, 0.3) is 10.9 Å². The lowest BCUT2D eigenvalue weighted by Gasteiger charge is -2.15. The van der Waals surface area contributed by atoms with Crippen molar-refractivity contribution in [2.24, 2.45) is 4.99 Å². The Kier molecular flexibility index (Phi) is 6.62. The third-order valence-electron chi connectivity index (χ3n) is 7.32. The molecule has 1 fully saturated rings. The highest BCUT2D eigenvalue weighted by molar-refractivity contribution is 7.16. The monoisotopic (exact) mass is 510 g/mol. The Labute approximate surface area is 220 Å². The summed E-state index contributed by atoms with van der Waals surface area (Å²) in [7, 11) is 0. The number of carbonyl (C=O) groups is 2. The summed E-state index contributed by atoms with van der Waals surface area (Å²) >= 11 is 1.63. The number of benzene rings is 2. The first-order valence-corrected chi connectivity index (χ1v) is 13.9. The average molecular weight is 511 g/mol. The standard InChI is InChI=1S/C30H30N4O2S/c35-27(33-16-8-9-17-33)20-34-19-21(23-12-4-6-14-25(23)34)18-31-30-28(24-13-5-7-15-26(24)37-30)29(36)32-22-10-2-1-3-11-22/h1-4,6,10-12,14,18-19H,5,7-9,13,15-17,20H2,(H,32,36). The fourth-order valence-electron chi connectivity index (χ4n) is 5.44. The second kappa shape index (κ2) is 10.3. The molecule has 0 atom stereocenters. The van der Waals surface area contributed by atoms with Gasteiger partial charge in [-0.05, 0) is 62.3 Å². The maximum absolute atomic E-state index is 13.4. The Balaban J connectivity index is 1.33.